The third kappa shape index (κ3) is 5.05. The van der Waals surface area contributed by atoms with Crippen LogP contribution in [0, 0.1) is 0 Å². The van der Waals surface area contributed by atoms with E-state index in [4.69, 9.17) is 14.5 Å². The highest BCUT2D eigenvalue weighted by atomic mass is 32.1. The summed E-state index contributed by atoms with van der Waals surface area (Å²) in [6.07, 6.45) is 3.74. The lowest BCUT2D eigenvalue weighted by molar-refractivity contribution is -0.124. The van der Waals surface area contributed by atoms with Crippen LogP contribution in [0.1, 0.15) is 75.5 Å². The monoisotopic (exact) mass is 535 g/mol. The quantitative estimate of drug-likeness (QED) is 0.429. The van der Waals surface area contributed by atoms with Gasteiger partial charge in [0.15, 0.2) is 6.10 Å². The van der Waals surface area contributed by atoms with Crippen LogP contribution in [0.4, 0.5) is 5.00 Å². The summed E-state index contributed by atoms with van der Waals surface area (Å²) < 4.78 is 11.2. The highest BCUT2D eigenvalue weighted by Crippen LogP contribution is 2.39. The number of aromatic nitrogens is 1. The van der Waals surface area contributed by atoms with Gasteiger partial charge in [-0.1, -0.05) is 25.1 Å². The van der Waals surface area contributed by atoms with Gasteiger partial charge in [-0.05, 0) is 57.7 Å². The van der Waals surface area contributed by atoms with Gasteiger partial charge in [-0.2, -0.15) is 0 Å². The number of hydrogen-bond acceptors (Lipinski definition) is 8. The van der Waals surface area contributed by atoms with Crippen molar-refractivity contribution in [3.05, 3.63) is 57.1 Å². The first-order valence-electron chi connectivity index (χ1n) is 13.3. The molecule has 2 aromatic heterocycles. The third-order valence-electron chi connectivity index (χ3n) is 7.24. The number of anilines is 1. The van der Waals surface area contributed by atoms with E-state index in [9.17, 15) is 14.4 Å². The van der Waals surface area contributed by atoms with E-state index < -0.39 is 23.9 Å². The summed E-state index contributed by atoms with van der Waals surface area (Å²) in [4.78, 5) is 47.9. The SMILES string of the molecule is CCOC(=O)c1c(NC(=O)C(CC)OC(=O)c2c3c(nc4ccccc24)CCN(C)C3)sc2c1CCCC2. The summed E-state index contributed by atoms with van der Waals surface area (Å²) in [5, 5.41) is 4.10. The van der Waals surface area contributed by atoms with Crippen molar-refractivity contribution in [2.45, 2.75) is 65.0 Å². The second-order valence-corrected chi connectivity index (χ2v) is 10.9. The molecule has 2 aliphatic rings. The predicted octanol–water partition coefficient (Wildman–Crippen LogP) is 4.91. The largest absolute Gasteiger partial charge is 0.462 e. The van der Waals surface area contributed by atoms with Gasteiger partial charge in [0.2, 0.25) is 0 Å². The van der Waals surface area contributed by atoms with Gasteiger partial charge in [-0.15, -0.1) is 11.3 Å². The van der Waals surface area contributed by atoms with Gasteiger partial charge in [-0.3, -0.25) is 9.78 Å². The maximum absolute atomic E-state index is 13.7. The van der Waals surface area contributed by atoms with Gasteiger partial charge in [0.1, 0.15) is 5.00 Å². The number of hydrogen-bond donors (Lipinski definition) is 1. The third-order valence-corrected chi connectivity index (χ3v) is 8.45. The molecule has 1 N–H and O–H groups in total. The van der Waals surface area contributed by atoms with E-state index in [0.717, 1.165) is 71.2 Å². The van der Waals surface area contributed by atoms with Crippen LogP contribution in [0.15, 0.2) is 24.3 Å². The van der Waals surface area contributed by atoms with Gasteiger partial charge in [0.25, 0.3) is 5.91 Å². The molecule has 0 saturated carbocycles. The number of likely N-dealkylation sites (N-methyl/N-ethyl adjacent to an activating group) is 1. The molecule has 200 valence electrons. The number of nitrogens with one attached hydrogen (secondary N) is 1. The number of pyridine rings is 1. The summed E-state index contributed by atoms with van der Waals surface area (Å²) in [5.41, 5.74) is 4.38. The number of para-hydroxylation sites is 1. The Bertz CT molecular complexity index is 1400. The van der Waals surface area contributed by atoms with Crippen molar-refractivity contribution in [2.75, 3.05) is 25.5 Å². The minimum absolute atomic E-state index is 0.255. The number of carbonyl (C=O) groups is 3. The smallest absolute Gasteiger partial charge is 0.341 e. The number of amides is 1. The number of aryl methyl sites for hydroxylation is 1. The number of benzene rings is 1. The number of rotatable bonds is 7. The van der Waals surface area contributed by atoms with Crippen molar-refractivity contribution >= 4 is 45.1 Å². The Hall–Kier alpha value is -3.30. The van der Waals surface area contributed by atoms with E-state index in [-0.39, 0.29) is 6.61 Å². The lowest BCUT2D eigenvalue weighted by Crippen LogP contribution is -2.34. The first kappa shape index (κ1) is 26.3. The molecule has 0 radical (unpaired) electrons. The highest BCUT2D eigenvalue weighted by molar-refractivity contribution is 7.17. The lowest BCUT2D eigenvalue weighted by Gasteiger charge is -2.27. The Morgan fingerprint density at radius 1 is 1.05 bits per heavy atom. The molecule has 0 saturated heterocycles. The fourth-order valence-corrected chi connectivity index (χ4v) is 6.61. The second-order valence-electron chi connectivity index (χ2n) is 9.84. The minimum atomic E-state index is -1.01. The molecule has 0 spiro atoms. The maximum atomic E-state index is 13.7. The Balaban J connectivity index is 1.43. The van der Waals surface area contributed by atoms with Crippen LogP contribution in [-0.4, -0.2) is 54.0 Å². The van der Waals surface area contributed by atoms with Crippen molar-refractivity contribution in [2.24, 2.45) is 0 Å². The number of carbonyl (C=O) groups excluding carboxylic acids is 3. The summed E-state index contributed by atoms with van der Waals surface area (Å²) >= 11 is 1.42. The van der Waals surface area contributed by atoms with E-state index >= 15 is 0 Å². The average Bonchev–Trinajstić information content (AvgIpc) is 3.28. The van der Waals surface area contributed by atoms with Crippen molar-refractivity contribution in [3.63, 3.8) is 0 Å². The summed E-state index contributed by atoms with van der Waals surface area (Å²) in [6, 6.07) is 7.54. The first-order valence-corrected chi connectivity index (χ1v) is 14.1. The molecule has 0 fully saturated rings. The number of nitrogens with zero attached hydrogens (tertiary/aromatic N) is 2. The van der Waals surface area contributed by atoms with Crippen LogP contribution in [-0.2, 0) is 40.1 Å². The Morgan fingerprint density at radius 3 is 2.63 bits per heavy atom. The zero-order valence-corrected chi connectivity index (χ0v) is 22.9. The van der Waals surface area contributed by atoms with Gasteiger partial charge in [0.05, 0.1) is 23.3 Å². The van der Waals surface area contributed by atoms with E-state index in [1.165, 1.54) is 11.3 Å². The Labute approximate surface area is 226 Å². The maximum Gasteiger partial charge on any atom is 0.341 e. The van der Waals surface area contributed by atoms with Crippen LogP contribution < -0.4 is 5.32 Å². The number of ether oxygens (including phenoxy) is 2. The molecule has 1 aliphatic carbocycles. The standard InChI is InChI=1S/C29H33N3O5S/c1-4-22(26(33)31-27-25(28(34)36-5-2)18-11-7-9-13-23(18)38-27)37-29(35)24-17-10-6-8-12-20(17)30-21-14-15-32(3)16-19(21)24/h6,8,10,12,22H,4-5,7,9,11,13-16H2,1-3H3,(H,31,33). The molecular formula is C29H33N3O5S. The fourth-order valence-electron chi connectivity index (χ4n) is 5.33. The van der Waals surface area contributed by atoms with E-state index in [1.54, 1.807) is 13.8 Å². The molecule has 38 heavy (non-hydrogen) atoms. The number of fused-ring (bicyclic) bond motifs is 3. The van der Waals surface area contributed by atoms with Crippen LogP contribution in [0.25, 0.3) is 10.9 Å². The molecule has 1 unspecified atom stereocenters. The zero-order valence-electron chi connectivity index (χ0n) is 22.1. The highest BCUT2D eigenvalue weighted by Gasteiger charge is 2.31. The van der Waals surface area contributed by atoms with Gasteiger partial charge < -0.3 is 19.7 Å². The first-order chi connectivity index (χ1) is 18.4. The normalized spacial score (nSPS) is 15.9. The molecule has 1 atom stereocenters. The summed E-state index contributed by atoms with van der Waals surface area (Å²) in [6.45, 7) is 5.27. The van der Waals surface area contributed by atoms with Crippen molar-refractivity contribution in [1.82, 2.24) is 9.88 Å². The van der Waals surface area contributed by atoms with Crippen LogP contribution in [0.5, 0.6) is 0 Å². The van der Waals surface area contributed by atoms with Crippen LogP contribution in [0.2, 0.25) is 0 Å². The number of esters is 2. The number of thiophene rings is 1. The van der Waals surface area contributed by atoms with E-state index in [2.05, 4.69) is 10.2 Å². The molecular weight excluding hydrogens is 502 g/mol. The predicted molar refractivity (Wildman–Crippen MR) is 147 cm³/mol. The molecule has 5 rings (SSSR count). The molecule has 1 amide bonds. The molecule has 3 heterocycles. The van der Waals surface area contributed by atoms with Crippen molar-refractivity contribution < 1.29 is 23.9 Å². The van der Waals surface area contributed by atoms with Gasteiger partial charge in [-0.25, -0.2) is 9.59 Å². The Kier molecular flexibility index (Phi) is 7.76. The molecule has 0 bridgehead atoms. The van der Waals surface area contributed by atoms with Crippen molar-refractivity contribution in [3.8, 4) is 0 Å². The Morgan fingerprint density at radius 2 is 1.84 bits per heavy atom. The summed E-state index contributed by atoms with van der Waals surface area (Å²) in [5.74, 6) is -1.41. The lowest BCUT2D eigenvalue weighted by atomic mass is 9.95. The zero-order chi connectivity index (χ0) is 26.8. The summed E-state index contributed by atoms with van der Waals surface area (Å²) in [7, 11) is 2.01. The van der Waals surface area contributed by atoms with Crippen molar-refractivity contribution in [1.29, 1.82) is 0 Å². The molecule has 1 aliphatic heterocycles. The van der Waals surface area contributed by atoms with E-state index in [1.807, 2.05) is 31.3 Å². The van der Waals surface area contributed by atoms with Crippen LogP contribution in [0.3, 0.4) is 0 Å². The van der Waals surface area contributed by atoms with E-state index in [0.29, 0.717) is 29.1 Å². The topological polar surface area (TPSA) is 97.8 Å². The molecule has 1 aromatic carbocycles. The second kappa shape index (κ2) is 11.2. The van der Waals surface area contributed by atoms with Gasteiger partial charge >= 0.3 is 11.9 Å². The fraction of sp³-hybridized carbons (Fsp3) is 0.448. The average molecular weight is 536 g/mol. The minimum Gasteiger partial charge on any atom is -0.462 e. The van der Waals surface area contributed by atoms with Gasteiger partial charge in [0, 0.05) is 41.0 Å². The molecule has 9 heteroatoms. The van der Waals surface area contributed by atoms with Crippen LogP contribution >= 0.6 is 11.3 Å². The molecule has 3 aromatic rings. The molecule has 8 nitrogen and oxygen atoms in total.